The molecule has 170 valence electrons. The molecule has 2 aliphatic rings. The SMILES string of the molecule is COCCNC(=O)[C@@H](NC(=O)C1CCCC1)C1CCN(C(=O)c2ccc(Cl)cc2)CC1. The van der Waals surface area contributed by atoms with E-state index in [0.717, 1.165) is 25.7 Å². The molecule has 1 aliphatic heterocycles. The zero-order valence-electron chi connectivity index (χ0n) is 18.1. The Labute approximate surface area is 188 Å². The molecule has 2 N–H and O–H groups in total. The maximum Gasteiger partial charge on any atom is 0.253 e. The molecule has 1 atom stereocenters. The van der Waals surface area contributed by atoms with E-state index in [0.29, 0.717) is 49.7 Å². The van der Waals surface area contributed by atoms with Crippen molar-refractivity contribution in [1.29, 1.82) is 0 Å². The Bertz CT molecular complexity index is 757. The summed E-state index contributed by atoms with van der Waals surface area (Å²) in [5.74, 6) is -0.246. The molecular weight excluding hydrogens is 418 g/mol. The molecule has 1 saturated heterocycles. The molecule has 1 aromatic carbocycles. The number of benzene rings is 1. The van der Waals surface area contributed by atoms with Crippen LogP contribution in [0.25, 0.3) is 0 Å². The Morgan fingerprint density at radius 1 is 1.10 bits per heavy atom. The molecule has 1 aliphatic carbocycles. The lowest BCUT2D eigenvalue weighted by Crippen LogP contribution is -2.55. The van der Waals surface area contributed by atoms with Gasteiger partial charge >= 0.3 is 0 Å². The monoisotopic (exact) mass is 449 g/mol. The van der Waals surface area contributed by atoms with E-state index in [1.165, 1.54) is 0 Å². The fourth-order valence-corrected chi connectivity index (χ4v) is 4.58. The van der Waals surface area contributed by atoms with Gasteiger partial charge in [-0.2, -0.15) is 0 Å². The quantitative estimate of drug-likeness (QED) is 0.597. The summed E-state index contributed by atoms with van der Waals surface area (Å²) in [6, 6.07) is 6.29. The van der Waals surface area contributed by atoms with Crippen LogP contribution >= 0.6 is 11.6 Å². The highest BCUT2D eigenvalue weighted by Crippen LogP contribution is 2.27. The van der Waals surface area contributed by atoms with Crippen molar-refractivity contribution in [2.24, 2.45) is 11.8 Å². The Balaban J connectivity index is 1.61. The Kier molecular flexibility index (Phi) is 8.72. The van der Waals surface area contributed by atoms with Crippen LogP contribution < -0.4 is 10.6 Å². The molecule has 0 bridgehead atoms. The summed E-state index contributed by atoms with van der Waals surface area (Å²) in [6.07, 6.45) is 5.22. The minimum atomic E-state index is -0.585. The molecule has 3 rings (SSSR count). The van der Waals surface area contributed by atoms with Gasteiger partial charge < -0.3 is 20.3 Å². The molecule has 0 unspecified atom stereocenters. The van der Waals surface area contributed by atoms with Crippen molar-refractivity contribution >= 4 is 29.3 Å². The third-order valence-electron chi connectivity index (χ3n) is 6.30. The molecule has 7 nitrogen and oxygen atoms in total. The molecule has 1 aromatic rings. The van der Waals surface area contributed by atoms with Gasteiger partial charge in [-0.25, -0.2) is 0 Å². The van der Waals surface area contributed by atoms with Crippen molar-refractivity contribution < 1.29 is 19.1 Å². The van der Waals surface area contributed by atoms with Gasteiger partial charge in [0.15, 0.2) is 0 Å². The van der Waals surface area contributed by atoms with Crippen LogP contribution in [-0.4, -0.2) is 62.0 Å². The topological polar surface area (TPSA) is 87.7 Å². The van der Waals surface area contributed by atoms with E-state index in [1.54, 1.807) is 36.3 Å². The van der Waals surface area contributed by atoms with Crippen LogP contribution in [0.2, 0.25) is 5.02 Å². The summed E-state index contributed by atoms with van der Waals surface area (Å²) in [6.45, 7) is 1.92. The fraction of sp³-hybridized carbons (Fsp3) is 0.609. The van der Waals surface area contributed by atoms with Gasteiger partial charge in [-0.1, -0.05) is 24.4 Å². The number of hydrogen-bond donors (Lipinski definition) is 2. The lowest BCUT2D eigenvalue weighted by atomic mass is 9.88. The van der Waals surface area contributed by atoms with E-state index in [2.05, 4.69) is 10.6 Å². The minimum Gasteiger partial charge on any atom is -0.383 e. The summed E-state index contributed by atoms with van der Waals surface area (Å²) in [7, 11) is 1.58. The summed E-state index contributed by atoms with van der Waals surface area (Å²) in [4.78, 5) is 40.2. The zero-order valence-corrected chi connectivity index (χ0v) is 18.8. The summed E-state index contributed by atoms with van der Waals surface area (Å²) in [5, 5.41) is 6.49. The molecule has 1 saturated carbocycles. The largest absolute Gasteiger partial charge is 0.383 e. The first-order valence-electron chi connectivity index (χ1n) is 11.1. The number of nitrogens with one attached hydrogen (secondary N) is 2. The van der Waals surface area contributed by atoms with Gasteiger partial charge in [0.25, 0.3) is 5.91 Å². The van der Waals surface area contributed by atoms with Gasteiger partial charge in [-0.15, -0.1) is 0 Å². The van der Waals surface area contributed by atoms with E-state index in [-0.39, 0.29) is 29.6 Å². The molecule has 31 heavy (non-hydrogen) atoms. The van der Waals surface area contributed by atoms with Crippen molar-refractivity contribution in [3.63, 3.8) is 0 Å². The maximum atomic E-state index is 12.9. The third kappa shape index (κ3) is 6.43. The second-order valence-electron chi connectivity index (χ2n) is 8.39. The zero-order chi connectivity index (χ0) is 22.2. The average molecular weight is 450 g/mol. The molecule has 3 amide bonds. The molecule has 8 heteroatoms. The predicted molar refractivity (Wildman–Crippen MR) is 119 cm³/mol. The predicted octanol–water partition coefficient (Wildman–Crippen LogP) is 2.63. The Hall–Kier alpha value is -2.12. The number of halogens is 1. The van der Waals surface area contributed by atoms with E-state index >= 15 is 0 Å². The van der Waals surface area contributed by atoms with E-state index in [9.17, 15) is 14.4 Å². The molecule has 0 spiro atoms. The van der Waals surface area contributed by atoms with Crippen molar-refractivity contribution in [3.8, 4) is 0 Å². The van der Waals surface area contributed by atoms with Crippen LogP contribution in [0.3, 0.4) is 0 Å². The average Bonchev–Trinajstić information content (AvgIpc) is 3.33. The summed E-state index contributed by atoms with van der Waals surface area (Å²) >= 11 is 5.91. The van der Waals surface area contributed by atoms with Gasteiger partial charge in [0, 0.05) is 43.2 Å². The first-order valence-corrected chi connectivity index (χ1v) is 11.5. The molecule has 0 radical (unpaired) electrons. The van der Waals surface area contributed by atoms with Crippen LogP contribution in [0.1, 0.15) is 48.9 Å². The number of piperidine rings is 1. The van der Waals surface area contributed by atoms with E-state index in [4.69, 9.17) is 16.3 Å². The number of carbonyl (C=O) groups excluding carboxylic acids is 3. The van der Waals surface area contributed by atoms with Crippen LogP contribution in [0.4, 0.5) is 0 Å². The van der Waals surface area contributed by atoms with Crippen molar-refractivity contribution in [2.45, 2.75) is 44.6 Å². The lowest BCUT2D eigenvalue weighted by Gasteiger charge is -2.36. The van der Waals surface area contributed by atoms with Crippen molar-refractivity contribution in [2.75, 3.05) is 33.4 Å². The van der Waals surface area contributed by atoms with Crippen LogP contribution in [0.5, 0.6) is 0 Å². The summed E-state index contributed by atoms with van der Waals surface area (Å²) in [5.41, 5.74) is 0.603. The number of amides is 3. The summed E-state index contributed by atoms with van der Waals surface area (Å²) < 4.78 is 5.02. The number of ether oxygens (including phenoxy) is 1. The number of carbonyl (C=O) groups is 3. The van der Waals surface area contributed by atoms with Crippen LogP contribution in [-0.2, 0) is 14.3 Å². The second-order valence-corrected chi connectivity index (χ2v) is 8.82. The highest BCUT2D eigenvalue weighted by atomic mass is 35.5. The van der Waals surface area contributed by atoms with Crippen LogP contribution in [0.15, 0.2) is 24.3 Å². The minimum absolute atomic E-state index is 0.000784. The van der Waals surface area contributed by atoms with Crippen molar-refractivity contribution in [3.05, 3.63) is 34.9 Å². The molecule has 1 heterocycles. The number of nitrogens with zero attached hydrogens (tertiary/aromatic N) is 1. The first kappa shape index (κ1) is 23.5. The molecule has 2 fully saturated rings. The standard InChI is InChI=1S/C23H32ClN3O4/c1-31-15-12-25-22(29)20(26-21(28)17-4-2-3-5-17)16-10-13-27(14-11-16)23(30)18-6-8-19(24)9-7-18/h6-9,16-17,20H,2-5,10-15H2,1H3,(H,25,29)(H,26,28)/t20-/m0/s1. The third-order valence-corrected chi connectivity index (χ3v) is 6.55. The Morgan fingerprint density at radius 3 is 2.35 bits per heavy atom. The maximum absolute atomic E-state index is 12.9. The van der Waals surface area contributed by atoms with Gasteiger partial charge in [-0.05, 0) is 55.9 Å². The highest BCUT2D eigenvalue weighted by molar-refractivity contribution is 6.30. The molecule has 0 aromatic heterocycles. The number of methoxy groups -OCH3 is 1. The fourth-order valence-electron chi connectivity index (χ4n) is 4.45. The lowest BCUT2D eigenvalue weighted by molar-refractivity contribution is -0.132. The smallest absolute Gasteiger partial charge is 0.253 e. The number of likely N-dealkylation sites (tertiary alicyclic amines) is 1. The van der Waals surface area contributed by atoms with Gasteiger partial charge in [0.1, 0.15) is 6.04 Å². The first-order chi connectivity index (χ1) is 15.0. The van der Waals surface area contributed by atoms with E-state index in [1.807, 2.05) is 0 Å². The van der Waals surface area contributed by atoms with Gasteiger partial charge in [-0.3, -0.25) is 14.4 Å². The molecular formula is C23H32ClN3O4. The van der Waals surface area contributed by atoms with Crippen molar-refractivity contribution in [1.82, 2.24) is 15.5 Å². The van der Waals surface area contributed by atoms with Gasteiger partial charge in [0.05, 0.1) is 6.61 Å². The Morgan fingerprint density at radius 2 is 1.74 bits per heavy atom. The number of rotatable bonds is 8. The number of hydrogen-bond acceptors (Lipinski definition) is 4. The normalized spacial score (nSPS) is 18.6. The van der Waals surface area contributed by atoms with Gasteiger partial charge in [0.2, 0.25) is 11.8 Å². The highest BCUT2D eigenvalue weighted by Gasteiger charge is 2.35. The second kappa shape index (κ2) is 11.5. The van der Waals surface area contributed by atoms with E-state index < -0.39 is 6.04 Å². The van der Waals surface area contributed by atoms with Crippen LogP contribution in [0, 0.1) is 11.8 Å².